The van der Waals surface area contributed by atoms with Gasteiger partial charge in [0.25, 0.3) is 0 Å². The first kappa shape index (κ1) is 16.5. The van der Waals surface area contributed by atoms with Crippen LogP contribution in [0.1, 0.15) is 12.0 Å². The van der Waals surface area contributed by atoms with E-state index in [1.165, 1.54) is 4.90 Å². The molecule has 1 atom stereocenters. The number of halogens is 2. The molecule has 0 aromatic heterocycles. The molecule has 2 aliphatic heterocycles. The van der Waals surface area contributed by atoms with Gasteiger partial charge in [-0.2, -0.15) is 0 Å². The molecule has 3 amide bonds. The fourth-order valence-electron chi connectivity index (χ4n) is 2.90. The van der Waals surface area contributed by atoms with E-state index in [0.717, 1.165) is 5.56 Å². The summed E-state index contributed by atoms with van der Waals surface area (Å²) in [6, 6.07) is 4.88. The number of carbonyl (C=O) groups excluding carboxylic acids is 2. The average molecular weight is 358 g/mol. The van der Waals surface area contributed by atoms with Gasteiger partial charge in [0.1, 0.15) is 5.60 Å². The molecule has 8 heteroatoms. The molecule has 2 aliphatic rings. The molecule has 0 aliphatic carbocycles. The Balaban J connectivity index is 1.97. The molecule has 0 unspecified atom stereocenters. The third-order valence-electron chi connectivity index (χ3n) is 4.16. The van der Waals surface area contributed by atoms with Gasteiger partial charge < -0.3 is 15.4 Å². The standard InChI is InChI=1S/C15H17Cl2N3O3/c16-11-2-1-10(7-12(11)17)15(3-4-18-5-6-23-15)9-20-13(21)8-19-14(20)22/h1-2,7,18H,3-6,8-9H2,(H,19,22)/t15-/m1/s1. The van der Waals surface area contributed by atoms with Gasteiger partial charge in [-0.05, 0) is 30.7 Å². The highest BCUT2D eigenvalue weighted by molar-refractivity contribution is 6.42. The second-order valence-electron chi connectivity index (χ2n) is 5.61. The number of urea groups is 1. The summed E-state index contributed by atoms with van der Waals surface area (Å²) in [5.74, 6) is -0.254. The summed E-state index contributed by atoms with van der Waals surface area (Å²) >= 11 is 12.1. The van der Waals surface area contributed by atoms with Crippen LogP contribution in [0.3, 0.4) is 0 Å². The average Bonchev–Trinajstić information content (AvgIpc) is 2.75. The second kappa shape index (κ2) is 6.65. The van der Waals surface area contributed by atoms with Crippen LogP contribution in [0.25, 0.3) is 0 Å². The van der Waals surface area contributed by atoms with Crippen LogP contribution in [0.15, 0.2) is 18.2 Å². The van der Waals surface area contributed by atoms with E-state index in [4.69, 9.17) is 27.9 Å². The maximum Gasteiger partial charge on any atom is 0.324 e. The van der Waals surface area contributed by atoms with Crippen LogP contribution in [-0.4, -0.2) is 49.6 Å². The highest BCUT2D eigenvalue weighted by atomic mass is 35.5. The summed E-state index contributed by atoms with van der Waals surface area (Å²) in [4.78, 5) is 25.1. The molecule has 2 saturated heterocycles. The first-order chi connectivity index (χ1) is 11.0. The SMILES string of the molecule is O=C1CNC(=O)N1C[C@@]1(c2ccc(Cl)c(Cl)c2)CCNCCO1. The number of nitrogens with zero attached hydrogens (tertiary/aromatic N) is 1. The summed E-state index contributed by atoms with van der Waals surface area (Å²) in [7, 11) is 0. The number of benzene rings is 1. The molecule has 1 aromatic carbocycles. The lowest BCUT2D eigenvalue weighted by atomic mass is 9.89. The molecular formula is C15H17Cl2N3O3. The summed E-state index contributed by atoms with van der Waals surface area (Å²) in [6.45, 7) is 2.07. The molecule has 0 bridgehead atoms. The van der Waals surface area contributed by atoms with Crippen molar-refractivity contribution in [1.82, 2.24) is 15.5 Å². The van der Waals surface area contributed by atoms with Gasteiger partial charge in [-0.25, -0.2) is 4.79 Å². The van der Waals surface area contributed by atoms with Gasteiger partial charge >= 0.3 is 6.03 Å². The molecule has 6 nitrogen and oxygen atoms in total. The molecule has 0 spiro atoms. The molecule has 2 N–H and O–H groups in total. The van der Waals surface area contributed by atoms with Gasteiger partial charge in [-0.1, -0.05) is 29.3 Å². The van der Waals surface area contributed by atoms with E-state index < -0.39 is 11.6 Å². The number of ether oxygens (including phenoxy) is 1. The lowest BCUT2D eigenvalue weighted by molar-refractivity contribution is -0.130. The molecule has 3 rings (SSSR count). The van der Waals surface area contributed by atoms with Crippen LogP contribution in [0.2, 0.25) is 10.0 Å². The minimum atomic E-state index is -0.797. The van der Waals surface area contributed by atoms with E-state index in [0.29, 0.717) is 36.2 Å². The quantitative estimate of drug-likeness (QED) is 0.808. The molecule has 124 valence electrons. The van der Waals surface area contributed by atoms with Crippen molar-refractivity contribution in [2.45, 2.75) is 12.0 Å². The Morgan fingerprint density at radius 1 is 1.22 bits per heavy atom. The van der Waals surface area contributed by atoms with E-state index in [1.54, 1.807) is 12.1 Å². The molecule has 1 aromatic rings. The zero-order valence-electron chi connectivity index (χ0n) is 12.4. The third kappa shape index (κ3) is 3.30. The Kier molecular flexibility index (Phi) is 4.77. The lowest BCUT2D eigenvalue weighted by Crippen LogP contribution is -2.46. The van der Waals surface area contributed by atoms with Crippen molar-refractivity contribution in [2.75, 3.05) is 32.8 Å². The topological polar surface area (TPSA) is 70.7 Å². The fraction of sp³-hybridized carbons (Fsp3) is 0.467. The highest BCUT2D eigenvalue weighted by Gasteiger charge is 2.41. The van der Waals surface area contributed by atoms with E-state index >= 15 is 0 Å². The highest BCUT2D eigenvalue weighted by Crippen LogP contribution is 2.35. The largest absolute Gasteiger partial charge is 0.367 e. The van der Waals surface area contributed by atoms with Crippen molar-refractivity contribution < 1.29 is 14.3 Å². The molecule has 23 heavy (non-hydrogen) atoms. The first-order valence-corrected chi connectivity index (χ1v) is 8.16. The number of hydrogen-bond acceptors (Lipinski definition) is 4. The Hall–Kier alpha value is -1.34. The molecule has 0 saturated carbocycles. The summed E-state index contributed by atoms with van der Waals surface area (Å²) < 4.78 is 6.09. The normalized spacial score (nSPS) is 25.4. The predicted molar refractivity (Wildman–Crippen MR) is 86.7 cm³/mol. The van der Waals surface area contributed by atoms with Gasteiger partial charge in [-0.15, -0.1) is 0 Å². The smallest absolute Gasteiger partial charge is 0.324 e. The Morgan fingerprint density at radius 3 is 2.74 bits per heavy atom. The van der Waals surface area contributed by atoms with Gasteiger partial charge in [-0.3, -0.25) is 9.69 Å². The van der Waals surface area contributed by atoms with Crippen molar-refractivity contribution in [2.24, 2.45) is 0 Å². The zero-order valence-corrected chi connectivity index (χ0v) is 13.9. The minimum absolute atomic E-state index is 0.0224. The van der Waals surface area contributed by atoms with Crippen molar-refractivity contribution in [3.8, 4) is 0 Å². The van der Waals surface area contributed by atoms with Gasteiger partial charge in [0.05, 0.1) is 29.7 Å². The van der Waals surface area contributed by atoms with Crippen LogP contribution >= 0.6 is 23.2 Å². The lowest BCUT2D eigenvalue weighted by Gasteiger charge is -2.35. The van der Waals surface area contributed by atoms with Gasteiger partial charge in [0.2, 0.25) is 5.91 Å². The van der Waals surface area contributed by atoms with Crippen molar-refractivity contribution in [3.63, 3.8) is 0 Å². The van der Waals surface area contributed by atoms with E-state index in [1.807, 2.05) is 6.07 Å². The molecule has 2 fully saturated rings. The number of amides is 3. The molecular weight excluding hydrogens is 341 g/mol. The Labute approximate surface area is 144 Å². The minimum Gasteiger partial charge on any atom is -0.367 e. The maximum atomic E-state index is 12.0. The van der Waals surface area contributed by atoms with Crippen LogP contribution in [0.5, 0.6) is 0 Å². The fourth-order valence-corrected chi connectivity index (χ4v) is 3.20. The maximum absolute atomic E-state index is 12.0. The number of hydrogen-bond donors (Lipinski definition) is 2. The second-order valence-corrected chi connectivity index (χ2v) is 6.42. The molecule has 0 radical (unpaired) electrons. The van der Waals surface area contributed by atoms with Crippen molar-refractivity contribution >= 4 is 35.1 Å². The molecule has 2 heterocycles. The number of carbonyl (C=O) groups is 2. The number of nitrogens with one attached hydrogen (secondary N) is 2. The van der Waals surface area contributed by atoms with Crippen LogP contribution < -0.4 is 10.6 Å². The van der Waals surface area contributed by atoms with Crippen LogP contribution in [0, 0.1) is 0 Å². The van der Waals surface area contributed by atoms with Crippen molar-refractivity contribution in [1.29, 1.82) is 0 Å². The predicted octanol–water partition coefficient (Wildman–Crippen LogP) is 1.75. The van der Waals surface area contributed by atoms with Crippen molar-refractivity contribution in [3.05, 3.63) is 33.8 Å². The number of rotatable bonds is 3. The van der Waals surface area contributed by atoms with E-state index in [2.05, 4.69) is 10.6 Å². The number of imide groups is 1. The zero-order chi connectivity index (χ0) is 16.4. The van der Waals surface area contributed by atoms with Gasteiger partial charge in [0, 0.05) is 6.54 Å². The summed E-state index contributed by atoms with van der Waals surface area (Å²) in [5.41, 5.74) is 0.0119. The van der Waals surface area contributed by atoms with Crippen LogP contribution in [0.4, 0.5) is 4.79 Å². The van der Waals surface area contributed by atoms with Crippen LogP contribution in [-0.2, 0) is 15.1 Å². The third-order valence-corrected chi connectivity index (χ3v) is 4.90. The monoisotopic (exact) mass is 357 g/mol. The summed E-state index contributed by atoms with van der Waals surface area (Å²) in [6.07, 6.45) is 0.613. The Morgan fingerprint density at radius 2 is 2.04 bits per heavy atom. The van der Waals surface area contributed by atoms with Gasteiger partial charge in [0.15, 0.2) is 0 Å². The Bertz CT molecular complexity index is 614. The first-order valence-electron chi connectivity index (χ1n) is 7.40. The van der Waals surface area contributed by atoms with E-state index in [-0.39, 0.29) is 19.0 Å². The van der Waals surface area contributed by atoms with E-state index in [9.17, 15) is 9.59 Å². The summed E-state index contributed by atoms with van der Waals surface area (Å²) in [5, 5.41) is 6.66.